The van der Waals surface area contributed by atoms with Crippen molar-refractivity contribution in [2.45, 2.75) is 19.3 Å². The Labute approximate surface area is 52.2 Å². The van der Waals surface area contributed by atoms with Crippen LogP contribution in [-0.4, -0.2) is 5.78 Å². The summed E-state index contributed by atoms with van der Waals surface area (Å²) in [5, 5.41) is 0. The molecule has 0 aromatic rings. The monoisotopic (exact) mass is 130 g/mol. The SMILES string of the molecule is O=C1C=C(OF)CCC1. The van der Waals surface area contributed by atoms with Crippen LogP contribution in [0.15, 0.2) is 11.8 Å². The first-order valence-electron chi connectivity index (χ1n) is 2.85. The predicted octanol–water partition coefficient (Wildman–Crippen LogP) is 1.52. The van der Waals surface area contributed by atoms with Crippen molar-refractivity contribution in [3.63, 3.8) is 0 Å². The minimum absolute atomic E-state index is 0.0473. The zero-order valence-corrected chi connectivity index (χ0v) is 4.89. The van der Waals surface area contributed by atoms with E-state index >= 15 is 0 Å². The lowest BCUT2D eigenvalue weighted by atomic mass is 10.1. The molecule has 0 fully saturated rings. The second-order valence-corrected chi connectivity index (χ2v) is 2.01. The first-order valence-corrected chi connectivity index (χ1v) is 2.85. The van der Waals surface area contributed by atoms with Gasteiger partial charge in [0.1, 0.15) is 0 Å². The van der Waals surface area contributed by atoms with Gasteiger partial charge in [0, 0.05) is 23.4 Å². The number of hydrogen-bond donors (Lipinski definition) is 0. The summed E-state index contributed by atoms with van der Waals surface area (Å²) in [5.41, 5.74) is 0. The maximum atomic E-state index is 11.3. The van der Waals surface area contributed by atoms with Gasteiger partial charge in [0.25, 0.3) is 0 Å². The third kappa shape index (κ3) is 1.52. The van der Waals surface area contributed by atoms with E-state index in [9.17, 15) is 9.32 Å². The molecule has 1 aliphatic carbocycles. The van der Waals surface area contributed by atoms with Crippen LogP contribution in [0.2, 0.25) is 0 Å². The highest BCUT2D eigenvalue weighted by atomic mass is 19.3. The maximum Gasteiger partial charge on any atom is 0.159 e. The molecule has 1 rings (SSSR count). The van der Waals surface area contributed by atoms with Crippen molar-refractivity contribution in [1.82, 2.24) is 0 Å². The second-order valence-electron chi connectivity index (χ2n) is 2.01. The van der Waals surface area contributed by atoms with Crippen LogP contribution in [-0.2, 0) is 9.74 Å². The van der Waals surface area contributed by atoms with Gasteiger partial charge in [0.15, 0.2) is 11.5 Å². The van der Waals surface area contributed by atoms with Gasteiger partial charge >= 0.3 is 0 Å². The van der Waals surface area contributed by atoms with Gasteiger partial charge in [0.2, 0.25) is 0 Å². The molecule has 3 heteroatoms. The molecule has 0 aromatic heterocycles. The zero-order chi connectivity index (χ0) is 6.69. The molecule has 0 N–H and O–H groups in total. The minimum atomic E-state index is -0.0473. The molecule has 0 amide bonds. The smallest absolute Gasteiger partial charge is 0.159 e. The third-order valence-electron chi connectivity index (χ3n) is 1.27. The Morgan fingerprint density at radius 2 is 2.33 bits per heavy atom. The van der Waals surface area contributed by atoms with Gasteiger partial charge in [-0.3, -0.25) is 9.74 Å². The molecule has 9 heavy (non-hydrogen) atoms. The summed E-state index contributed by atoms with van der Waals surface area (Å²) in [7, 11) is 0. The van der Waals surface area contributed by atoms with Crippen LogP contribution in [0.4, 0.5) is 4.53 Å². The number of carbonyl (C=O) groups is 1. The Morgan fingerprint density at radius 3 is 2.78 bits per heavy atom. The van der Waals surface area contributed by atoms with Gasteiger partial charge < -0.3 is 0 Å². The number of carbonyl (C=O) groups excluding carboxylic acids is 1. The van der Waals surface area contributed by atoms with E-state index in [4.69, 9.17) is 0 Å². The summed E-state index contributed by atoms with van der Waals surface area (Å²) in [4.78, 5) is 13.9. The molecule has 0 saturated heterocycles. The Hall–Kier alpha value is -0.860. The second kappa shape index (κ2) is 2.62. The quantitative estimate of drug-likeness (QED) is 0.538. The van der Waals surface area contributed by atoms with E-state index in [1.807, 2.05) is 0 Å². The van der Waals surface area contributed by atoms with Crippen molar-refractivity contribution in [2.24, 2.45) is 0 Å². The molecule has 0 unspecified atom stereocenters. The van der Waals surface area contributed by atoms with Crippen LogP contribution >= 0.6 is 0 Å². The fourth-order valence-corrected chi connectivity index (χ4v) is 0.822. The molecule has 0 heterocycles. The van der Waals surface area contributed by atoms with E-state index in [1.54, 1.807) is 0 Å². The Balaban J connectivity index is 2.59. The van der Waals surface area contributed by atoms with Crippen LogP contribution in [0.25, 0.3) is 0 Å². The first-order chi connectivity index (χ1) is 4.33. The van der Waals surface area contributed by atoms with Crippen LogP contribution in [0, 0.1) is 0 Å². The molecule has 0 aliphatic heterocycles. The largest absolute Gasteiger partial charge is 0.299 e. The lowest BCUT2D eigenvalue weighted by Gasteiger charge is -2.05. The highest BCUT2D eigenvalue weighted by molar-refractivity contribution is 5.90. The summed E-state index contributed by atoms with van der Waals surface area (Å²) in [5.74, 6) is 0.111. The predicted molar refractivity (Wildman–Crippen MR) is 29.1 cm³/mol. The molecule has 0 spiro atoms. The third-order valence-corrected chi connectivity index (χ3v) is 1.27. The average Bonchev–Trinajstić information content (AvgIpc) is 1.88. The first kappa shape index (κ1) is 6.26. The standard InChI is InChI=1S/C6H7FO2/c7-9-6-3-1-2-5(8)4-6/h4H,1-3H2. The maximum absolute atomic E-state index is 11.3. The van der Waals surface area contributed by atoms with Gasteiger partial charge in [0.05, 0.1) is 0 Å². The number of hydrogen-bond acceptors (Lipinski definition) is 2. The van der Waals surface area contributed by atoms with Crippen molar-refractivity contribution < 1.29 is 14.3 Å². The summed E-state index contributed by atoms with van der Waals surface area (Å²) in [6, 6.07) is 0. The molecular formula is C6H7FO2. The Kier molecular flexibility index (Phi) is 1.82. The zero-order valence-electron chi connectivity index (χ0n) is 4.89. The lowest BCUT2D eigenvalue weighted by molar-refractivity contribution is -0.118. The molecule has 0 radical (unpaired) electrons. The average molecular weight is 130 g/mol. The van der Waals surface area contributed by atoms with Crippen molar-refractivity contribution >= 4 is 5.78 Å². The molecule has 1 aliphatic rings. The molecule has 0 saturated carbocycles. The van der Waals surface area contributed by atoms with Crippen molar-refractivity contribution in [2.75, 3.05) is 0 Å². The van der Waals surface area contributed by atoms with Crippen LogP contribution in [0.5, 0.6) is 0 Å². The Morgan fingerprint density at radius 1 is 1.56 bits per heavy atom. The van der Waals surface area contributed by atoms with E-state index in [0.717, 1.165) is 0 Å². The molecule has 0 aromatic carbocycles. The minimum Gasteiger partial charge on any atom is -0.299 e. The van der Waals surface area contributed by atoms with Crippen LogP contribution < -0.4 is 0 Å². The van der Waals surface area contributed by atoms with Gasteiger partial charge in [-0.1, -0.05) is 0 Å². The number of ketones is 1. The van der Waals surface area contributed by atoms with Crippen LogP contribution in [0.3, 0.4) is 0 Å². The van der Waals surface area contributed by atoms with E-state index in [1.165, 1.54) is 6.08 Å². The normalized spacial score (nSPS) is 19.2. The van der Waals surface area contributed by atoms with E-state index in [-0.39, 0.29) is 11.5 Å². The molecule has 2 nitrogen and oxygen atoms in total. The number of rotatable bonds is 1. The van der Waals surface area contributed by atoms with Crippen molar-refractivity contribution in [3.05, 3.63) is 11.8 Å². The van der Waals surface area contributed by atoms with E-state index in [0.29, 0.717) is 19.3 Å². The van der Waals surface area contributed by atoms with Gasteiger partial charge in [-0.2, -0.15) is 0 Å². The van der Waals surface area contributed by atoms with Gasteiger partial charge in [-0.25, -0.2) is 0 Å². The molecule has 50 valence electrons. The van der Waals surface area contributed by atoms with Gasteiger partial charge in [-0.15, -0.1) is 0 Å². The summed E-state index contributed by atoms with van der Waals surface area (Å²) in [6.07, 6.45) is 2.98. The molecular weight excluding hydrogens is 123 g/mol. The number of halogens is 1. The lowest BCUT2D eigenvalue weighted by Crippen LogP contribution is -2.02. The number of allylic oxidation sites excluding steroid dienone is 2. The highest BCUT2D eigenvalue weighted by Crippen LogP contribution is 2.15. The van der Waals surface area contributed by atoms with E-state index in [2.05, 4.69) is 4.94 Å². The van der Waals surface area contributed by atoms with Gasteiger partial charge in [-0.05, 0) is 6.42 Å². The topological polar surface area (TPSA) is 26.3 Å². The fourth-order valence-electron chi connectivity index (χ4n) is 0.822. The van der Waals surface area contributed by atoms with Crippen molar-refractivity contribution in [3.8, 4) is 0 Å². The fraction of sp³-hybridized carbons (Fsp3) is 0.500. The molecule has 0 bridgehead atoms. The molecule has 0 atom stereocenters. The highest BCUT2D eigenvalue weighted by Gasteiger charge is 2.10. The van der Waals surface area contributed by atoms with Crippen LogP contribution in [0.1, 0.15) is 19.3 Å². The summed E-state index contributed by atoms with van der Waals surface area (Å²) < 4.78 is 11.3. The van der Waals surface area contributed by atoms with E-state index < -0.39 is 0 Å². The summed E-state index contributed by atoms with van der Waals surface area (Å²) >= 11 is 0. The Bertz CT molecular complexity index is 151. The summed E-state index contributed by atoms with van der Waals surface area (Å²) in [6.45, 7) is 0. The van der Waals surface area contributed by atoms with Crippen molar-refractivity contribution in [1.29, 1.82) is 0 Å².